The van der Waals surface area contributed by atoms with E-state index in [1.807, 2.05) is 0 Å². The van der Waals surface area contributed by atoms with Crippen LogP contribution in [-0.4, -0.2) is 46.9 Å². The van der Waals surface area contributed by atoms with Gasteiger partial charge < -0.3 is 5.11 Å². The topological polar surface area (TPSA) is 74.9 Å². The van der Waals surface area contributed by atoms with Gasteiger partial charge in [-0.1, -0.05) is 11.6 Å². The molecule has 0 saturated heterocycles. The Kier molecular flexibility index (Phi) is 4.17. The highest BCUT2D eigenvalue weighted by Crippen LogP contribution is 2.27. The predicted octanol–water partition coefficient (Wildman–Crippen LogP) is 1.44. The standard InChI is InChI=1S/C10H14ClN3O3S2/c1-7(15)3-4-13(2)19(16,17)9-8(11)12-10-14(9)5-6-18-10/h5-7,15H,3-4H2,1-2H3. The SMILES string of the molecule is CC(O)CCN(C)S(=O)(=O)c1c(Cl)nc2sccn12. The molecule has 0 spiro atoms. The molecule has 0 aliphatic rings. The molecule has 106 valence electrons. The summed E-state index contributed by atoms with van der Waals surface area (Å²) in [7, 11) is -2.26. The second-order valence-corrected chi connectivity index (χ2v) is 7.42. The summed E-state index contributed by atoms with van der Waals surface area (Å²) in [5.41, 5.74) is 0. The van der Waals surface area contributed by atoms with Crippen molar-refractivity contribution in [2.75, 3.05) is 13.6 Å². The highest BCUT2D eigenvalue weighted by atomic mass is 35.5. The molecule has 1 unspecified atom stereocenters. The molecule has 2 rings (SSSR count). The minimum atomic E-state index is -3.72. The van der Waals surface area contributed by atoms with Crippen LogP contribution in [0.2, 0.25) is 5.15 Å². The van der Waals surface area contributed by atoms with Crippen molar-refractivity contribution in [3.8, 4) is 0 Å². The first-order valence-electron chi connectivity index (χ1n) is 5.59. The molecule has 0 aliphatic carbocycles. The van der Waals surface area contributed by atoms with E-state index < -0.39 is 16.1 Å². The Balaban J connectivity index is 2.38. The van der Waals surface area contributed by atoms with Crippen molar-refractivity contribution in [3.05, 3.63) is 16.7 Å². The van der Waals surface area contributed by atoms with Gasteiger partial charge in [0.25, 0.3) is 10.0 Å². The molecule has 0 bridgehead atoms. The van der Waals surface area contributed by atoms with E-state index in [1.165, 1.54) is 27.1 Å². The van der Waals surface area contributed by atoms with E-state index in [4.69, 9.17) is 11.6 Å². The van der Waals surface area contributed by atoms with Crippen molar-refractivity contribution in [3.63, 3.8) is 0 Å². The molecule has 1 atom stereocenters. The van der Waals surface area contributed by atoms with E-state index in [9.17, 15) is 13.5 Å². The third-order valence-corrected chi connectivity index (χ3v) is 5.71. The van der Waals surface area contributed by atoms with Gasteiger partial charge in [-0.3, -0.25) is 4.40 Å². The smallest absolute Gasteiger partial charge is 0.262 e. The van der Waals surface area contributed by atoms with E-state index in [2.05, 4.69) is 4.98 Å². The Hall–Kier alpha value is -0.670. The third-order valence-electron chi connectivity index (χ3n) is 2.69. The molecule has 1 N–H and O–H groups in total. The Morgan fingerprint density at radius 1 is 1.63 bits per heavy atom. The zero-order valence-corrected chi connectivity index (χ0v) is 12.8. The Morgan fingerprint density at radius 2 is 2.32 bits per heavy atom. The summed E-state index contributed by atoms with van der Waals surface area (Å²) in [6, 6.07) is 0. The lowest BCUT2D eigenvalue weighted by Gasteiger charge is -2.17. The number of thiazole rings is 1. The largest absolute Gasteiger partial charge is 0.393 e. The lowest BCUT2D eigenvalue weighted by molar-refractivity contribution is 0.177. The lowest BCUT2D eigenvalue weighted by Crippen LogP contribution is -2.30. The second kappa shape index (κ2) is 5.37. The van der Waals surface area contributed by atoms with Crippen LogP contribution in [0.25, 0.3) is 4.96 Å². The highest BCUT2D eigenvalue weighted by molar-refractivity contribution is 7.89. The molecule has 0 radical (unpaired) electrons. The van der Waals surface area contributed by atoms with Crippen molar-refractivity contribution >= 4 is 37.9 Å². The van der Waals surface area contributed by atoms with Crippen LogP contribution in [0.5, 0.6) is 0 Å². The molecule has 6 nitrogen and oxygen atoms in total. The summed E-state index contributed by atoms with van der Waals surface area (Å²) >= 11 is 7.23. The van der Waals surface area contributed by atoms with Crippen LogP contribution in [-0.2, 0) is 10.0 Å². The number of aliphatic hydroxyl groups is 1. The molecular weight excluding hydrogens is 310 g/mol. The van der Waals surface area contributed by atoms with Gasteiger partial charge in [0.15, 0.2) is 15.1 Å². The normalized spacial score (nSPS) is 14.4. The van der Waals surface area contributed by atoms with Gasteiger partial charge in [-0.2, -0.15) is 4.31 Å². The van der Waals surface area contributed by atoms with E-state index in [-0.39, 0.29) is 16.7 Å². The van der Waals surface area contributed by atoms with Gasteiger partial charge in [0.2, 0.25) is 0 Å². The van der Waals surface area contributed by atoms with Gasteiger partial charge in [-0.05, 0) is 13.3 Å². The van der Waals surface area contributed by atoms with Crippen LogP contribution < -0.4 is 0 Å². The van der Waals surface area contributed by atoms with Gasteiger partial charge in [-0.15, -0.1) is 11.3 Å². The van der Waals surface area contributed by atoms with Gasteiger partial charge in [0.1, 0.15) is 0 Å². The number of halogens is 1. The summed E-state index contributed by atoms with van der Waals surface area (Å²) in [5, 5.41) is 10.9. The maximum absolute atomic E-state index is 12.4. The fraction of sp³-hybridized carbons (Fsp3) is 0.500. The summed E-state index contributed by atoms with van der Waals surface area (Å²) in [6.07, 6.45) is 1.42. The summed E-state index contributed by atoms with van der Waals surface area (Å²) in [4.78, 5) is 4.54. The Bertz CT molecular complexity index is 677. The number of imidazole rings is 1. The number of rotatable bonds is 5. The zero-order chi connectivity index (χ0) is 14.2. The quantitative estimate of drug-likeness (QED) is 0.903. The number of aliphatic hydroxyl groups excluding tert-OH is 1. The van der Waals surface area contributed by atoms with E-state index in [0.717, 1.165) is 0 Å². The summed E-state index contributed by atoms with van der Waals surface area (Å²) in [5.74, 6) is 0. The number of fused-ring (bicyclic) bond motifs is 1. The molecule has 0 fully saturated rings. The minimum Gasteiger partial charge on any atom is -0.393 e. The number of sulfonamides is 1. The van der Waals surface area contributed by atoms with Crippen LogP contribution in [0.15, 0.2) is 16.6 Å². The minimum absolute atomic E-state index is 0.0292. The van der Waals surface area contributed by atoms with Crippen molar-refractivity contribution < 1.29 is 13.5 Å². The summed E-state index contributed by atoms with van der Waals surface area (Å²) in [6.45, 7) is 1.83. The second-order valence-electron chi connectivity index (χ2n) is 4.23. The number of hydrogen-bond donors (Lipinski definition) is 1. The number of aromatic nitrogens is 2. The molecule has 19 heavy (non-hydrogen) atoms. The summed E-state index contributed by atoms with van der Waals surface area (Å²) < 4.78 is 27.5. The first-order valence-corrected chi connectivity index (χ1v) is 8.29. The number of nitrogens with zero attached hydrogens (tertiary/aromatic N) is 3. The van der Waals surface area contributed by atoms with Crippen LogP contribution in [0.4, 0.5) is 0 Å². The fourth-order valence-electron chi connectivity index (χ4n) is 1.61. The van der Waals surface area contributed by atoms with E-state index in [1.54, 1.807) is 18.5 Å². The molecular formula is C10H14ClN3O3S2. The van der Waals surface area contributed by atoms with E-state index in [0.29, 0.717) is 11.4 Å². The van der Waals surface area contributed by atoms with Gasteiger partial charge in [0.05, 0.1) is 6.10 Å². The number of hydrogen-bond acceptors (Lipinski definition) is 5. The first-order chi connectivity index (χ1) is 8.84. The van der Waals surface area contributed by atoms with Crippen molar-refractivity contribution in [2.45, 2.75) is 24.5 Å². The molecule has 0 amide bonds. The maximum Gasteiger partial charge on any atom is 0.262 e. The van der Waals surface area contributed by atoms with Gasteiger partial charge in [-0.25, -0.2) is 13.4 Å². The van der Waals surface area contributed by atoms with Crippen LogP contribution in [0.1, 0.15) is 13.3 Å². The van der Waals surface area contributed by atoms with Crippen LogP contribution in [0, 0.1) is 0 Å². The molecule has 0 aromatic carbocycles. The maximum atomic E-state index is 12.4. The predicted molar refractivity (Wildman–Crippen MR) is 74.2 cm³/mol. The van der Waals surface area contributed by atoms with E-state index >= 15 is 0 Å². The third kappa shape index (κ3) is 2.77. The molecule has 9 heteroatoms. The average Bonchev–Trinajstić information content (AvgIpc) is 2.84. The Morgan fingerprint density at radius 3 is 2.95 bits per heavy atom. The molecule has 0 aliphatic heterocycles. The molecule has 2 heterocycles. The monoisotopic (exact) mass is 323 g/mol. The fourth-order valence-corrected chi connectivity index (χ4v) is 4.19. The van der Waals surface area contributed by atoms with Gasteiger partial charge in [0, 0.05) is 25.2 Å². The van der Waals surface area contributed by atoms with Crippen molar-refractivity contribution in [1.82, 2.24) is 13.7 Å². The lowest BCUT2D eigenvalue weighted by atomic mass is 10.3. The molecule has 2 aromatic heterocycles. The first kappa shape index (κ1) is 14.7. The van der Waals surface area contributed by atoms with Crippen LogP contribution in [0.3, 0.4) is 0 Å². The van der Waals surface area contributed by atoms with Crippen LogP contribution >= 0.6 is 22.9 Å². The molecule has 0 saturated carbocycles. The van der Waals surface area contributed by atoms with Crippen molar-refractivity contribution in [2.24, 2.45) is 0 Å². The van der Waals surface area contributed by atoms with Crippen molar-refractivity contribution in [1.29, 1.82) is 0 Å². The Labute approximate surface area is 120 Å². The zero-order valence-electron chi connectivity index (χ0n) is 10.4. The average molecular weight is 324 g/mol. The van der Waals surface area contributed by atoms with Gasteiger partial charge >= 0.3 is 0 Å². The highest BCUT2D eigenvalue weighted by Gasteiger charge is 2.29. The molecule has 2 aromatic rings.